The van der Waals surface area contributed by atoms with Crippen molar-refractivity contribution in [1.29, 1.82) is 0 Å². The van der Waals surface area contributed by atoms with Crippen molar-refractivity contribution in [3.8, 4) is 5.00 Å². The standard InChI is InChI=1S/C22H20N4OS2/c27-21(24-17-6-3-5-16(13-17)14-26-11-4-8-23-26)20-18-7-12-28-15-19(18)29-22(20)25-9-1-2-10-25/h1-6,8-11,13H,7,12,14-15H2,(H,24,27). The Morgan fingerprint density at radius 3 is 2.86 bits per heavy atom. The maximum atomic E-state index is 13.3. The van der Waals surface area contributed by atoms with E-state index in [1.165, 1.54) is 10.4 Å². The molecule has 0 bridgehead atoms. The summed E-state index contributed by atoms with van der Waals surface area (Å²) in [5.41, 5.74) is 3.94. The number of aromatic nitrogens is 3. The third-order valence-corrected chi connectivity index (χ3v) is 7.37. The minimum absolute atomic E-state index is 0.0330. The maximum Gasteiger partial charge on any atom is 0.258 e. The van der Waals surface area contributed by atoms with E-state index in [0.717, 1.165) is 39.7 Å². The zero-order valence-electron chi connectivity index (χ0n) is 15.7. The summed E-state index contributed by atoms with van der Waals surface area (Å²) in [7, 11) is 0. The van der Waals surface area contributed by atoms with Gasteiger partial charge in [-0.3, -0.25) is 9.48 Å². The topological polar surface area (TPSA) is 51.9 Å². The van der Waals surface area contributed by atoms with Crippen molar-refractivity contribution in [2.24, 2.45) is 0 Å². The molecule has 0 atom stereocenters. The molecule has 0 unspecified atom stereocenters. The van der Waals surface area contributed by atoms with E-state index in [2.05, 4.69) is 15.0 Å². The fourth-order valence-electron chi connectivity index (χ4n) is 3.63. The van der Waals surface area contributed by atoms with Gasteiger partial charge in [0, 0.05) is 41.1 Å². The maximum absolute atomic E-state index is 13.3. The molecule has 0 aliphatic carbocycles. The molecule has 0 radical (unpaired) electrons. The second-order valence-corrected chi connectivity index (χ2v) is 9.12. The Bertz CT molecular complexity index is 1130. The number of hydrogen-bond acceptors (Lipinski definition) is 4. The van der Waals surface area contributed by atoms with Gasteiger partial charge in [-0.15, -0.1) is 11.3 Å². The zero-order valence-corrected chi connectivity index (χ0v) is 17.4. The van der Waals surface area contributed by atoms with Gasteiger partial charge in [0.05, 0.1) is 12.1 Å². The first-order valence-corrected chi connectivity index (χ1v) is 11.5. The van der Waals surface area contributed by atoms with Crippen molar-refractivity contribution < 1.29 is 4.79 Å². The lowest BCUT2D eigenvalue weighted by atomic mass is 10.1. The van der Waals surface area contributed by atoms with E-state index < -0.39 is 0 Å². The van der Waals surface area contributed by atoms with Gasteiger partial charge in [-0.2, -0.15) is 16.9 Å². The Hall–Kier alpha value is -2.77. The highest BCUT2D eigenvalue weighted by Crippen LogP contribution is 2.38. The van der Waals surface area contributed by atoms with Crippen LogP contribution in [0.5, 0.6) is 0 Å². The fraction of sp³-hybridized carbons (Fsp3) is 0.182. The lowest BCUT2D eigenvalue weighted by molar-refractivity contribution is 0.102. The summed E-state index contributed by atoms with van der Waals surface area (Å²) in [5, 5.41) is 8.40. The second-order valence-electron chi connectivity index (χ2n) is 6.93. The molecule has 146 valence electrons. The first-order valence-electron chi connectivity index (χ1n) is 9.51. The highest BCUT2D eigenvalue weighted by molar-refractivity contribution is 7.98. The van der Waals surface area contributed by atoms with Gasteiger partial charge in [0.2, 0.25) is 0 Å². The number of thiophene rings is 1. The normalized spacial score (nSPS) is 13.2. The van der Waals surface area contributed by atoms with Crippen LogP contribution < -0.4 is 5.32 Å². The number of carbonyl (C=O) groups excluding carboxylic acids is 1. The number of nitrogens with one attached hydrogen (secondary N) is 1. The number of fused-ring (bicyclic) bond motifs is 1. The van der Waals surface area contributed by atoms with Crippen LogP contribution in [0.1, 0.15) is 26.4 Å². The summed E-state index contributed by atoms with van der Waals surface area (Å²) in [6.07, 6.45) is 8.66. The van der Waals surface area contributed by atoms with Gasteiger partial charge >= 0.3 is 0 Å². The van der Waals surface area contributed by atoms with E-state index in [0.29, 0.717) is 6.54 Å². The van der Waals surface area contributed by atoms with E-state index >= 15 is 0 Å². The van der Waals surface area contributed by atoms with Crippen LogP contribution in [0.3, 0.4) is 0 Å². The third kappa shape index (κ3) is 3.75. The Balaban J connectivity index is 1.45. The number of anilines is 1. The molecule has 7 heteroatoms. The second kappa shape index (κ2) is 7.93. The third-order valence-electron chi connectivity index (χ3n) is 4.96. The van der Waals surface area contributed by atoms with Crippen LogP contribution in [0.4, 0.5) is 5.69 Å². The summed E-state index contributed by atoms with van der Waals surface area (Å²) in [5.74, 6) is 2.02. The molecule has 4 heterocycles. The van der Waals surface area contributed by atoms with Crippen LogP contribution in [-0.4, -0.2) is 26.0 Å². The van der Waals surface area contributed by atoms with Crippen molar-refractivity contribution in [1.82, 2.24) is 14.3 Å². The number of nitrogens with zero attached hydrogens (tertiary/aromatic N) is 3. The quantitative estimate of drug-likeness (QED) is 0.503. The Kier molecular flexibility index (Phi) is 4.99. The van der Waals surface area contributed by atoms with E-state index in [9.17, 15) is 4.79 Å². The molecule has 1 amide bonds. The summed E-state index contributed by atoms with van der Waals surface area (Å²) in [6, 6.07) is 13.9. The number of thioether (sulfide) groups is 1. The minimum atomic E-state index is -0.0330. The monoisotopic (exact) mass is 420 g/mol. The van der Waals surface area contributed by atoms with Crippen LogP contribution >= 0.6 is 23.1 Å². The molecule has 1 N–H and O–H groups in total. The molecule has 0 saturated heterocycles. The highest BCUT2D eigenvalue weighted by atomic mass is 32.2. The molecule has 5 rings (SSSR count). The lowest BCUT2D eigenvalue weighted by Crippen LogP contribution is -2.17. The Morgan fingerprint density at radius 1 is 1.14 bits per heavy atom. The predicted octanol–water partition coefficient (Wildman–Crippen LogP) is 4.83. The highest BCUT2D eigenvalue weighted by Gasteiger charge is 2.26. The number of hydrogen-bond donors (Lipinski definition) is 1. The molecule has 1 aromatic carbocycles. The van der Waals surface area contributed by atoms with E-state index in [-0.39, 0.29) is 5.91 Å². The molecule has 1 aliphatic heterocycles. The molecule has 3 aromatic heterocycles. The summed E-state index contributed by atoms with van der Waals surface area (Å²) in [4.78, 5) is 14.7. The lowest BCUT2D eigenvalue weighted by Gasteiger charge is -2.13. The first kappa shape index (κ1) is 18.3. The van der Waals surface area contributed by atoms with Gasteiger partial charge in [-0.25, -0.2) is 0 Å². The van der Waals surface area contributed by atoms with E-state index in [1.807, 2.05) is 77.5 Å². The molecular formula is C22H20N4OS2. The van der Waals surface area contributed by atoms with Gasteiger partial charge in [-0.1, -0.05) is 12.1 Å². The van der Waals surface area contributed by atoms with Gasteiger partial charge in [0.1, 0.15) is 5.00 Å². The van der Waals surface area contributed by atoms with Gasteiger partial charge in [-0.05, 0) is 53.6 Å². The minimum Gasteiger partial charge on any atom is -0.322 e. The Labute approximate surface area is 177 Å². The molecule has 1 aliphatic rings. The number of benzene rings is 1. The summed E-state index contributed by atoms with van der Waals surface area (Å²) >= 11 is 3.67. The number of carbonyl (C=O) groups is 1. The van der Waals surface area contributed by atoms with Crippen LogP contribution in [0.25, 0.3) is 5.00 Å². The SMILES string of the molecule is O=C(Nc1cccc(Cn2cccn2)c1)c1c(-n2cccc2)sc2c1CCSC2. The van der Waals surface area contributed by atoms with Crippen molar-refractivity contribution in [2.75, 3.05) is 11.1 Å². The summed E-state index contributed by atoms with van der Waals surface area (Å²) < 4.78 is 3.93. The average Bonchev–Trinajstić information content (AvgIpc) is 3.48. The van der Waals surface area contributed by atoms with Crippen molar-refractivity contribution >= 4 is 34.7 Å². The Morgan fingerprint density at radius 2 is 2.03 bits per heavy atom. The number of amides is 1. The van der Waals surface area contributed by atoms with Crippen molar-refractivity contribution in [3.05, 3.63) is 88.8 Å². The van der Waals surface area contributed by atoms with E-state index in [1.54, 1.807) is 17.5 Å². The fourth-order valence-corrected chi connectivity index (χ4v) is 6.07. The molecule has 0 saturated carbocycles. The van der Waals surface area contributed by atoms with Crippen LogP contribution in [-0.2, 0) is 18.7 Å². The smallest absolute Gasteiger partial charge is 0.258 e. The molecule has 5 nitrogen and oxygen atoms in total. The molecule has 4 aromatic rings. The first-order chi connectivity index (χ1) is 14.3. The summed E-state index contributed by atoms with van der Waals surface area (Å²) in [6.45, 7) is 0.677. The van der Waals surface area contributed by atoms with Gasteiger partial charge < -0.3 is 9.88 Å². The number of rotatable bonds is 5. The molecule has 29 heavy (non-hydrogen) atoms. The van der Waals surface area contributed by atoms with Crippen molar-refractivity contribution in [2.45, 2.75) is 18.7 Å². The molecule has 0 fully saturated rings. The van der Waals surface area contributed by atoms with Crippen LogP contribution in [0.2, 0.25) is 0 Å². The predicted molar refractivity (Wildman–Crippen MR) is 119 cm³/mol. The van der Waals surface area contributed by atoms with Gasteiger partial charge in [0.25, 0.3) is 5.91 Å². The van der Waals surface area contributed by atoms with Crippen LogP contribution in [0, 0.1) is 0 Å². The van der Waals surface area contributed by atoms with Crippen LogP contribution in [0.15, 0.2) is 67.3 Å². The zero-order chi connectivity index (χ0) is 19.6. The van der Waals surface area contributed by atoms with Gasteiger partial charge in [0.15, 0.2) is 0 Å². The molecular weight excluding hydrogens is 400 g/mol. The van der Waals surface area contributed by atoms with Crippen molar-refractivity contribution in [3.63, 3.8) is 0 Å². The van der Waals surface area contributed by atoms with E-state index in [4.69, 9.17) is 0 Å². The largest absolute Gasteiger partial charge is 0.322 e. The average molecular weight is 421 g/mol. The molecule has 0 spiro atoms.